The molecule has 0 saturated carbocycles. The predicted octanol–water partition coefficient (Wildman–Crippen LogP) is 2.80. The number of ketones is 1. The van der Waals surface area contributed by atoms with E-state index >= 15 is 0 Å². The van der Waals surface area contributed by atoms with Crippen molar-refractivity contribution in [3.63, 3.8) is 0 Å². The molecule has 130 valence electrons. The second-order valence-electron chi connectivity index (χ2n) is 6.37. The van der Waals surface area contributed by atoms with Crippen molar-refractivity contribution in [2.24, 2.45) is 12.0 Å². The van der Waals surface area contributed by atoms with E-state index in [1.54, 1.807) is 17.0 Å². The number of anilines is 2. The fourth-order valence-electron chi connectivity index (χ4n) is 3.02. The number of nitrogens with zero attached hydrogens (tertiary/aromatic N) is 3. The third-order valence-corrected chi connectivity index (χ3v) is 4.46. The zero-order chi connectivity index (χ0) is 18.1. The Morgan fingerprint density at radius 3 is 2.81 bits per heavy atom. The van der Waals surface area contributed by atoms with Crippen LogP contribution in [-0.4, -0.2) is 21.2 Å². The molecular formula is C20H19N5O. The number of carbonyl (C=O) groups is 1. The van der Waals surface area contributed by atoms with E-state index in [4.69, 9.17) is 5.73 Å². The van der Waals surface area contributed by atoms with Gasteiger partial charge in [-0.05, 0) is 29.3 Å². The maximum atomic E-state index is 12.4. The third kappa shape index (κ3) is 3.09. The minimum atomic E-state index is -0.0825. The number of hydrogen-bond acceptors (Lipinski definition) is 4. The molecule has 3 N–H and O–H groups in total. The highest BCUT2D eigenvalue weighted by atomic mass is 16.1. The average Bonchev–Trinajstić information content (AvgIpc) is 3.25. The highest BCUT2D eigenvalue weighted by Crippen LogP contribution is 2.25. The molecule has 0 aliphatic carbocycles. The molecule has 0 amide bonds. The molecule has 0 unspecified atom stereocenters. The summed E-state index contributed by atoms with van der Waals surface area (Å²) in [6.07, 6.45) is 4.14. The van der Waals surface area contributed by atoms with Crippen molar-refractivity contribution in [2.75, 3.05) is 11.1 Å². The summed E-state index contributed by atoms with van der Waals surface area (Å²) in [5.41, 5.74) is 10.5. The molecule has 0 bridgehead atoms. The first kappa shape index (κ1) is 16.1. The van der Waals surface area contributed by atoms with E-state index in [-0.39, 0.29) is 5.78 Å². The van der Waals surface area contributed by atoms with Gasteiger partial charge in [0.05, 0.1) is 6.54 Å². The van der Waals surface area contributed by atoms with E-state index in [1.807, 2.05) is 49.5 Å². The molecule has 2 aromatic carbocycles. The molecule has 1 aromatic heterocycles. The second kappa shape index (κ2) is 6.48. The van der Waals surface area contributed by atoms with E-state index in [2.05, 4.69) is 15.3 Å². The van der Waals surface area contributed by atoms with E-state index < -0.39 is 0 Å². The number of nitrogens with two attached hydrogens (primary N) is 1. The molecule has 6 nitrogen and oxygen atoms in total. The Labute approximate surface area is 151 Å². The van der Waals surface area contributed by atoms with Crippen molar-refractivity contribution >= 4 is 23.0 Å². The first-order valence-corrected chi connectivity index (χ1v) is 8.40. The smallest absolute Gasteiger partial charge is 0.228 e. The van der Waals surface area contributed by atoms with Gasteiger partial charge in [0.15, 0.2) is 5.82 Å². The fourth-order valence-corrected chi connectivity index (χ4v) is 3.02. The number of aryl methyl sites for hydroxylation is 1. The topological polar surface area (TPSA) is 85.3 Å². The average molecular weight is 345 g/mol. The van der Waals surface area contributed by atoms with Crippen LogP contribution >= 0.6 is 0 Å². The number of benzene rings is 2. The Balaban J connectivity index is 1.44. The first-order valence-electron chi connectivity index (χ1n) is 8.40. The zero-order valence-electron chi connectivity index (χ0n) is 14.4. The van der Waals surface area contributed by atoms with Gasteiger partial charge in [-0.1, -0.05) is 24.3 Å². The van der Waals surface area contributed by atoms with Crippen molar-refractivity contribution < 1.29 is 4.79 Å². The normalized spacial score (nSPS) is 14.3. The molecule has 0 atom stereocenters. The van der Waals surface area contributed by atoms with Crippen LogP contribution in [-0.2, 0) is 20.0 Å². The summed E-state index contributed by atoms with van der Waals surface area (Å²) in [6.45, 7) is 0.558. The van der Waals surface area contributed by atoms with Gasteiger partial charge in [0.25, 0.3) is 0 Å². The minimum Gasteiger partial charge on any atom is -0.399 e. The predicted molar refractivity (Wildman–Crippen MR) is 102 cm³/mol. The largest absolute Gasteiger partial charge is 0.399 e. The van der Waals surface area contributed by atoms with Gasteiger partial charge < -0.3 is 15.6 Å². The van der Waals surface area contributed by atoms with Crippen molar-refractivity contribution in [1.82, 2.24) is 9.55 Å². The van der Waals surface area contributed by atoms with Crippen LogP contribution in [0.2, 0.25) is 0 Å². The summed E-state index contributed by atoms with van der Waals surface area (Å²) < 4.78 is 1.72. The Hall–Kier alpha value is -3.41. The quantitative estimate of drug-likeness (QED) is 0.562. The number of rotatable bonds is 4. The number of hydrogen-bond donors (Lipinski definition) is 2. The van der Waals surface area contributed by atoms with Gasteiger partial charge >= 0.3 is 0 Å². The van der Waals surface area contributed by atoms with Gasteiger partial charge in [0.2, 0.25) is 5.78 Å². The fraction of sp³-hybridized carbons (Fsp3) is 0.150. The van der Waals surface area contributed by atoms with E-state index in [1.165, 1.54) is 5.56 Å². The maximum Gasteiger partial charge on any atom is 0.228 e. The van der Waals surface area contributed by atoms with Crippen LogP contribution in [0.3, 0.4) is 0 Å². The second-order valence-corrected chi connectivity index (χ2v) is 6.37. The van der Waals surface area contributed by atoms with Crippen LogP contribution in [0, 0.1) is 0 Å². The van der Waals surface area contributed by atoms with E-state index in [9.17, 15) is 4.79 Å². The summed E-state index contributed by atoms with van der Waals surface area (Å²) in [5.74, 6) is 1.28. The van der Waals surface area contributed by atoms with Gasteiger partial charge in [-0.25, -0.2) is 4.98 Å². The lowest BCUT2D eigenvalue weighted by Crippen LogP contribution is -2.09. The summed E-state index contributed by atoms with van der Waals surface area (Å²) in [6, 6.07) is 13.3. The van der Waals surface area contributed by atoms with Gasteiger partial charge in [-0.3, -0.25) is 9.79 Å². The highest BCUT2D eigenvalue weighted by Gasteiger charge is 2.16. The molecule has 26 heavy (non-hydrogen) atoms. The van der Waals surface area contributed by atoms with E-state index in [0.717, 1.165) is 29.2 Å². The number of amidine groups is 1. The van der Waals surface area contributed by atoms with Gasteiger partial charge in [0.1, 0.15) is 5.84 Å². The lowest BCUT2D eigenvalue weighted by Gasteiger charge is -2.03. The third-order valence-electron chi connectivity index (χ3n) is 4.46. The molecule has 0 spiro atoms. The molecular weight excluding hydrogens is 326 g/mol. The number of aromatic nitrogens is 2. The van der Waals surface area contributed by atoms with Crippen LogP contribution < -0.4 is 11.1 Å². The number of imidazole rings is 1. The first-order chi connectivity index (χ1) is 12.6. The van der Waals surface area contributed by atoms with Gasteiger partial charge in [-0.2, -0.15) is 0 Å². The lowest BCUT2D eigenvalue weighted by atomic mass is 10.1. The molecule has 4 rings (SSSR count). The summed E-state index contributed by atoms with van der Waals surface area (Å²) in [4.78, 5) is 21.2. The minimum absolute atomic E-state index is 0.0825. The van der Waals surface area contributed by atoms with Gasteiger partial charge in [0, 0.05) is 42.8 Å². The molecule has 3 aromatic rings. The van der Waals surface area contributed by atoms with Crippen molar-refractivity contribution in [2.45, 2.75) is 13.0 Å². The molecule has 1 aliphatic rings. The Morgan fingerprint density at radius 1 is 1.27 bits per heavy atom. The monoisotopic (exact) mass is 345 g/mol. The van der Waals surface area contributed by atoms with Crippen LogP contribution in [0.4, 0.5) is 11.4 Å². The highest BCUT2D eigenvalue weighted by molar-refractivity contribution is 6.06. The standard InChI is InChI=1S/C20H19N5O/c1-25-9-8-22-20(25)19(26)14-4-2-13(3-5-14)12-23-18-11-15-10-16(21)6-7-17(15)24-18/h2-10H,11-12,21H2,1H3,(H,23,24). The van der Waals surface area contributed by atoms with Crippen LogP contribution in [0.25, 0.3) is 0 Å². The van der Waals surface area contributed by atoms with Crippen LogP contribution in [0.1, 0.15) is 27.3 Å². The summed E-state index contributed by atoms with van der Waals surface area (Å²) >= 11 is 0. The Morgan fingerprint density at radius 2 is 2.08 bits per heavy atom. The number of nitrogen functional groups attached to an aromatic ring is 1. The number of nitrogens with one attached hydrogen (secondary N) is 1. The molecule has 0 radical (unpaired) electrons. The maximum absolute atomic E-state index is 12.4. The lowest BCUT2D eigenvalue weighted by molar-refractivity contribution is 0.102. The van der Waals surface area contributed by atoms with E-state index in [0.29, 0.717) is 17.9 Å². The molecule has 0 saturated heterocycles. The van der Waals surface area contributed by atoms with Crippen LogP contribution in [0.5, 0.6) is 0 Å². The number of aliphatic imine (C=N–C) groups is 1. The number of fused-ring (bicyclic) bond motifs is 1. The van der Waals surface area contributed by atoms with Crippen molar-refractivity contribution in [1.29, 1.82) is 0 Å². The number of carbonyl (C=O) groups excluding carboxylic acids is 1. The molecule has 2 heterocycles. The summed E-state index contributed by atoms with van der Waals surface area (Å²) in [5, 5.41) is 3.32. The SMILES string of the molecule is Cn1ccnc1C(=O)c1ccc(CN=C2Cc3cc(N)ccc3N2)cc1. The van der Waals surface area contributed by atoms with Crippen molar-refractivity contribution in [3.05, 3.63) is 77.4 Å². The Bertz CT molecular complexity index is 1000. The molecule has 1 aliphatic heterocycles. The Kier molecular flexibility index (Phi) is 4.01. The van der Waals surface area contributed by atoms with Crippen molar-refractivity contribution in [3.8, 4) is 0 Å². The zero-order valence-corrected chi connectivity index (χ0v) is 14.4. The summed E-state index contributed by atoms with van der Waals surface area (Å²) in [7, 11) is 1.81. The van der Waals surface area contributed by atoms with Crippen LogP contribution in [0.15, 0.2) is 59.9 Å². The molecule has 0 fully saturated rings. The molecule has 6 heteroatoms. The van der Waals surface area contributed by atoms with Gasteiger partial charge in [-0.15, -0.1) is 0 Å².